The Morgan fingerprint density at radius 1 is 1.33 bits per heavy atom. The first-order valence-electron chi connectivity index (χ1n) is 7.51. The lowest BCUT2D eigenvalue weighted by molar-refractivity contribution is 0.157. The first-order valence-corrected chi connectivity index (χ1v) is 7.51. The number of nitrogens with one attached hydrogen (secondary N) is 1. The minimum atomic E-state index is 0.378. The maximum Gasteiger partial charge on any atom is 0.0991 e. The molecule has 1 aliphatic heterocycles. The number of H-pyrrole nitrogens is 1. The van der Waals surface area contributed by atoms with Crippen molar-refractivity contribution in [2.75, 3.05) is 13.1 Å². The van der Waals surface area contributed by atoms with Crippen LogP contribution in [0.25, 0.3) is 0 Å². The monoisotopic (exact) mass is 280 g/mol. The van der Waals surface area contributed by atoms with E-state index in [0.29, 0.717) is 12.0 Å². The van der Waals surface area contributed by atoms with Crippen molar-refractivity contribution >= 4 is 0 Å². The Bertz CT molecular complexity index is 609. The Kier molecular flexibility index (Phi) is 4.03. The molecule has 0 bridgehead atoms. The molecule has 0 aliphatic carbocycles. The van der Waals surface area contributed by atoms with Crippen LogP contribution < -0.4 is 0 Å². The summed E-state index contributed by atoms with van der Waals surface area (Å²) in [5.41, 5.74) is 3.24. The largest absolute Gasteiger partial charge is 0.296 e. The summed E-state index contributed by atoms with van der Waals surface area (Å²) in [4.78, 5) is 2.52. The molecule has 3 rings (SSSR count). The van der Waals surface area contributed by atoms with Crippen molar-refractivity contribution in [2.24, 2.45) is 0 Å². The van der Waals surface area contributed by atoms with Crippen molar-refractivity contribution in [1.29, 1.82) is 5.26 Å². The quantitative estimate of drug-likeness (QED) is 0.939. The summed E-state index contributed by atoms with van der Waals surface area (Å²) in [7, 11) is 0. The number of aromatic nitrogens is 2. The van der Waals surface area contributed by atoms with E-state index in [9.17, 15) is 0 Å². The highest BCUT2D eigenvalue weighted by Gasteiger charge is 2.25. The van der Waals surface area contributed by atoms with Crippen LogP contribution in [0.5, 0.6) is 0 Å². The van der Waals surface area contributed by atoms with Crippen molar-refractivity contribution in [3.8, 4) is 6.07 Å². The zero-order valence-corrected chi connectivity index (χ0v) is 12.3. The van der Waals surface area contributed by atoms with Gasteiger partial charge in [0.25, 0.3) is 0 Å². The lowest BCUT2D eigenvalue weighted by Crippen LogP contribution is -2.36. The molecule has 0 unspecified atom stereocenters. The van der Waals surface area contributed by atoms with E-state index in [-0.39, 0.29) is 0 Å². The lowest BCUT2D eigenvalue weighted by Gasteiger charge is -2.36. The second kappa shape index (κ2) is 6.11. The topological polar surface area (TPSA) is 55.7 Å². The molecule has 4 heteroatoms. The zero-order chi connectivity index (χ0) is 14.7. The van der Waals surface area contributed by atoms with Gasteiger partial charge in [-0.2, -0.15) is 10.4 Å². The summed E-state index contributed by atoms with van der Waals surface area (Å²) in [6.07, 6.45) is 4.27. The van der Waals surface area contributed by atoms with Crippen LogP contribution in [0.2, 0.25) is 0 Å². The first kappa shape index (κ1) is 13.8. The number of hydrogen-bond donors (Lipinski definition) is 1. The number of nitriles is 1. The van der Waals surface area contributed by atoms with Gasteiger partial charge < -0.3 is 0 Å². The van der Waals surface area contributed by atoms with Gasteiger partial charge in [0.1, 0.15) is 0 Å². The van der Waals surface area contributed by atoms with Gasteiger partial charge in [0.15, 0.2) is 0 Å². The molecule has 2 aromatic rings. The molecule has 21 heavy (non-hydrogen) atoms. The number of aromatic amines is 1. The average molecular weight is 280 g/mol. The lowest BCUT2D eigenvalue weighted by atomic mass is 9.92. The van der Waals surface area contributed by atoms with E-state index < -0.39 is 0 Å². The molecule has 0 amide bonds. The summed E-state index contributed by atoms with van der Waals surface area (Å²) in [5.74, 6) is 0.544. The van der Waals surface area contributed by atoms with Gasteiger partial charge in [-0.3, -0.25) is 10.00 Å². The Balaban J connectivity index is 1.71. The first-order chi connectivity index (χ1) is 10.3. The van der Waals surface area contributed by atoms with Gasteiger partial charge >= 0.3 is 0 Å². The SMILES string of the molecule is C[C@@H](c1ccc(C#N)cc1)N1CCC[C@@H](c2ccn[nH]2)C1. The van der Waals surface area contributed by atoms with Crippen molar-refractivity contribution in [2.45, 2.75) is 31.7 Å². The minimum Gasteiger partial charge on any atom is -0.296 e. The van der Waals surface area contributed by atoms with Crippen molar-refractivity contribution in [3.63, 3.8) is 0 Å². The summed E-state index contributed by atoms with van der Waals surface area (Å²) >= 11 is 0. The van der Waals surface area contributed by atoms with Gasteiger partial charge in [-0.25, -0.2) is 0 Å². The fraction of sp³-hybridized carbons (Fsp3) is 0.412. The molecule has 1 saturated heterocycles. The summed E-state index contributed by atoms with van der Waals surface area (Å²) in [6.45, 7) is 4.44. The second-order valence-electron chi connectivity index (χ2n) is 5.76. The number of benzene rings is 1. The van der Waals surface area contributed by atoms with E-state index >= 15 is 0 Å². The third-order valence-electron chi connectivity index (χ3n) is 4.48. The highest BCUT2D eigenvalue weighted by atomic mass is 15.2. The van der Waals surface area contributed by atoms with E-state index in [1.165, 1.54) is 24.1 Å². The maximum atomic E-state index is 8.89. The molecule has 0 radical (unpaired) electrons. The van der Waals surface area contributed by atoms with Crippen LogP contribution in [-0.4, -0.2) is 28.2 Å². The number of likely N-dealkylation sites (tertiary alicyclic amines) is 1. The van der Waals surface area contributed by atoms with Gasteiger partial charge in [-0.15, -0.1) is 0 Å². The molecule has 1 N–H and O–H groups in total. The molecular formula is C17H20N4. The van der Waals surface area contributed by atoms with Crippen LogP contribution in [0.1, 0.15) is 48.5 Å². The average Bonchev–Trinajstić information content (AvgIpc) is 3.09. The molecular weight excluding hydrogens is 260 g/mol. The van der Waals surface area contributed by atoms with Crippen LogP contribution in [0.3, 0.4) is 0 Å². The van der Waals surface area contributed by atoms with Crippen LogP contribution >= 0.6 is 0 Å². The van der Waals surface area contributed by atoms with E-state index in [1.54, 1.807) is 0 Å². The standard InChI is InChI=1S/C17H20N4/c1-13(15-6-4-14(11-18)5-7-15)21-10-2-3-16(12-21)17-8-9-19-20-17/h4-9,13,16H,2-3,10,12H2,1H3,(H,19,20)/t13-,16+/m0/s1. The predicted molar refractivity (Wildman–Crippen MR) is 81.7 cm³/mol. The second-order valence-corrected chi connectivity index (χ2v) is 5.76. The fourth-order valence-electron chi connectivity index (χ4n) is 3.15. The van der Waals surface area contributed by atoms with E-state index in [1.807, 2.05) is 18.3 Å². The van der Waals surface area contributed by atoms with Gasteiger partial charge in [-0.05, 0) is 50.1 Å². The summed E-state index contributed by atoms with van der Waals surface area (Å²) in [5, 5.41) is 16.1. The van der Waals surface area contributed by atoms with Gasteiger partial charge in [-0.1, -0.05) is 12.1 Å². The number of piperidine rings is 1. The number of rotatable bonds is 3. The maximum absolute atomic E-state index is 8.89. The van der Waals surface area contributed by atoms with E-state index in [4.69, 9.17) is 5.26 Å². The Labute approximate surface area is 125 Å². The van der Waals surface area contributed by atoms with Crippen LogP contribution in [0.4, 0.5) is 0 Å². The van der Waals surface area contributed by atoms with Crippen LogP contribution in [0, 0.1) is 11.3 Å². The van der Waals surface area contributed by atoms with E-state index in [2.05, 4.69) is 46.3 Å². The molecule has 2 atom stereocenters. The highest BCUT2D eigenvalue weighted by Crippen LogP contribution is 2.31. The number of nitrogens with zero attached hydrogens (tertiary/aromatic N) is 3. The molecule has 1 aromatic heterocycles. The number of hydrogen-bond acceptors (Lipinski definition) is 3. The molecule has 2 heterocycles. The Hall–Kier alpha value is -2.12. The summed E-state index contributed by atoms with van der Waals surface area (Å²) in [6, 6.07) is 12.6. The normalized spacial score (nSPS) is 20.9. The smallest absolute Gasteiger partial charge is 0.0991 e. The molecule has 4 nitrogen and oxygen atoms in total. The molecule has 1 aromatic carbocycles. The van der Waals surface area contributed by atoms with Crippen LogP contribution in [-0.2, 0) is 0 Å². The van der Waals surface area contributed by atoms with Crippen LogP contribution in [0.15, 0.2) is 36.5 Å². The molecule has 1 aliphatic rings. The van der Waals surface area contributed by atoms with Gasteiger partial charge in [0.05, 0.1) is 11.6 Å². The van der Waals surface area contributed by atoms with Gasteiger partial charge in [0, 0.05) is 30.4 Å². The summed E-state index contributed by atoms with van der Waals surface area (Å²) < 4.78 is 0. The zero-order valence-electron chi connectivity index (χ0n) is 12.3. The molecule has 1 fully saturated rings. The highest BCUT2D eigenvalue weighted by molar-refractivity contribution is 5.32. The minimum absolute atomic E-state index is 0.378. The third-order valence-corrected chi connectivity index (χ3v) is 4.48. The van der Waals surface area contributed by atoms with E-state index in [0.717, 1.165) is 18.7 Å². The van der Waals surface area contributed by atoms with Crippen molar-refractivity contribution < 1.29 is 0 Å². The molecule has 0 saturated carbocycles. The van der Waals surface area contributed by atoms with Crippen molar-refractivity contribution in [3.05, 3.63) is 53.3 Å². The Morgan fingerprint density at radius 2 is 2.14 bits per heavy atom. The Morgan fingerprint density at radius 3 is 2.81 bits per heavy atom. The third kappa shape index (κ3) is 2.98. The fourth-order valence-corrected chi connectivity index (χ4v) is 3.15. The van der Waals surface area contributed by atoms with Crippen molar-refractivity contribution in [1.82, 2.24) is 15.1 Å². The molecule has 108 valence electrons. The van der Waals surface area contributed by atoms with Gasteiger partial charge in [0.2, 0.25) is 0 Å². The predicted octanol–water partition coefficient (Wildman–Crippen LogP) is 3.22. The molecule has 0 spiro atoms.